The third-order valence-electron chi connectivity index (χ3n) is 4.78. The van der Waals surface area contributed by atoms with Gasteiger partial charge in [0.25, 0.3) is 0 Å². The van der Waals surface area contributed by atoms with Crippen LogP contribution in [-0.4, -0.2) is 18.7 Å². The minimum atomic E-state index is -0.186. The van der Waals surface area contributed by atoms with Crippen LogP contribution in [0.15, 0.2) is 30.3 Å². The Hall–Kier alpha value is -1.35. The quantitative estimate of drug-likeness (QED) is 0.221. The Bertz CT molecular complexity index is 458. The minimum absolute atomic E-state index is 0.0956. The van der Waals surface area contributed by atoms with E-state index in [1.807, 2.05) is 37.3 Å². The van der Waals surface area contributed by atoms with Gasteiger partial charge in [-0.15, -0.1) is 0 Å². The van der Waals surface area contributed by atoms with Gasteiger partial charge in [0.05, 0.1) is 13.2 Å². The lowest BCUT2D eigenvalue weighted by atomic mass is 10.1. The van der Waals surface area contributed by atoms with E-state index < -0.39 is 0 Å². The van der Waals surface area contributed by atoms with Crippen molar-refractivity contribution < 1.29 is 14.3 Å². The number of esters is 1. The SMILES string of the molecule is CCCCCCCCCCCCCC(=O)OC(C)COCc1ccccc1. The van der Waals surface area contributed by atoms with Crippen LogP contribution >= 0.6 is 0 Å². The fraction of sp³-hybridized carbons (Fsp3) is 0.708. The Morgan fingerprint density at radius 2 is 1.41 bits per heavy atom. The van der Waals surface area contributed by atoms with Crippen molar-refractivity contribution in [2.45, 2.75) is 104 Å². The molecule has 0 N–H and O–H groups in total. The van der Waals surface area contributed by atoms with Crippen molar-refractivity contribution in [1.82, 2.24) is 0 Å². The van der Waals surface area contributed by atoms with Crippen molar-refractivity contribution in [1.29, 1.82) is 0 Å². The molecule has 0 amide bonds. The molecule has 0 spiro atoms. The van der Waals surface area contributed by atoms with Gasteiger partial charge in [-0.1, -0.05) is 101 Å². The lowest BCUT2D eigenvalue weighted by molar-refractivity contribution is -0.151. The molecule has 1 unspecified atom stereocenters. The van der Waals surface area contributed by atoms with Crippen molar-refractivity contribution in [3.63, 3.8) is 0 Å². The van der Waals surface area contributed by atoms with Crippen LogP contribution < -0.4 is 0 Å². The van der Waals surface area contributed by atoms with Crippen LogP contribution in [0.3, 0.4) is 0 Å². The van der Waals surface area contributed by atoms with Gasteiger partial charge in [-0.3, -0.25) is 4.79 Å². The molecule has 0 aliphatic heterocycles. The fourth-order valence-electron chi connectivity index (χ4n) is 3.17. The molecule has 1 aromatic rings. The summed E-state index contributed by atoms with van der Waals surface area (Å²) < 4.78 is 11.0. The highest BCUT2D eigenvalue weighted by Crippen LogP contribution is 2.12. The second-order valence-corrected chi connectivity index (χ2v) is 7.59. The second kappa shape index (κ2) is 16.8. The number of benzene rings is 1. The zero-order valence-corrected chi connectivity index (χ0v) is 17.6. The van der Waals surface area contributed by atoms with Crippen LogP contribution in [0.25, 0.3) is 0 Å². The number of carbonyl (C=O) groups is 1. The maximum absolute atomic E-state index is 11.9. The lowest BCUT2D eigenvalue weighted by Gasteiger charge is -2.13. The molecule has 0 bridgehead atoms. The van der Waals surface area contributed by atoms with Crippen LogP contribution in [0.2, 0.25) is 0 Å². The molecular weight excluding hydrogens is 336 g/mol. The Morgan fingerprint density at radius 3 is 2.00 bits per heavy atom. The minimum Gasteiger partial charge on any atom is -0.460 e. The molecule has 154 valence electrons. The number of carbonyl (C=O) groups excluding carboxylic acids is 1. The molecule has 0 radical (unpaired) electrons. The maximum atomic E-state index is 11.9. The van der Waals surface area contributed by atoms with Gasteiger partial charge in [-0.2, -0.15) is 0 Å². The number of rotatable bonds is 17. The Kier molecular flexibility index (Phi) is 14.7. The molecule has 1 rings (SSSR count). The zero-order chi connectivity index (χ0) is 19.6. The van der Waals surface area contributed by atoms with Gasteiger partial charge < -0.3 is 9.47 Å². The van der Waals surface area contributed by atoms with Gasteiger partial charge >= 0.3 is 5.97 Å². The molecule has 0 heterocycles. The Balaban J connectivity index is 1.88. The normalized spacial score (nSPS) is 12.1. The molecule has 3 nitrogen and oxygen atoms in total. The van der Waals surface area contributed by atoms with Gasteiger partial charge in [0.2, 0.25) is 0 Å². The molecule has 0 aliphatic carbocycles. The first-order valence-corrected chi connectivity index (χ1v) is 11.0. The van der Waals surface area contributed by atoms with Crippen molar-refractivity contribution in [3.8, 4) is 0 Å². The number of hydrogen-bond donors (Lipinski definition) is 0. The monoisotopic (exact) mass is 376 g/mol. The molecular formula is C24H40O3. The van der Waals surface area contributed by atoms with Crippen LogP contribution in [0.5, 0.6) is 0 Å². The van der Waals surface area contributed by atoms with Gasteiger partial charge in [0.15, 0.2) is 0 Å². The van der Waals surface area contributed by atoms with Crippen LogP contribution in [0, 0.1) is 0 Å². The predicted octanol–water partition coefficient (Wildman–Crippen LogP) is 6.84. The predicted molar refractivity (Wildman–Crippen MR) is 113 cm³/mol. The Morgan fingerprint density at radius 1 is 0.852 bits per heavy atom. The highest BCUT2D eigenvalue weighted by Gasteiger charge is 2.09. The molecule has 1 atom stereocenters. The molecule has 27 heavy (non-hydrogen) atoms. The van der Waals surface area contributed by atoms with E-state index in [0.717, 1.165) is 18.4 Å². The molecule has 0 saturated carbocycles. The first-order chi connectivity index (χ1) is 13.2. The first-order valence-electron chi connectivity index (χ1n) is 11.0. The number of hydrogen-bond acceptors (Lipinski definition) is 3. The summed E-state index contributed by atoms with van der Waals surface area (Å²) >= 11 is 0. The van der Waals surface area contributed by atoms with E-state index in [-0.39, 0.29) is 12.1 Å². The third-order valence-corrected chi connectivity index (χ3v) is 4.78. The summed E-state index contributed by atoms with van der Waals surface area (Å²) in [6, 6.07) is 10.0. The fourth-order valence-corrected chi connectivity index (χ4v) is 3.17. The standard InChI is InChI=1S/C24H40O3/c1-3-4-5-6-7-8-9-10-11-12-16-19-24(25)27-22(2)20-26-21-23-17-14-13-15-18-23/h13-15,17-18,22H,3-12,16,19-21H2,1-2H3. The molecule has 3 heteroatoms. The summed E-state index contributed by atoms with van der Waals surface area (Å²) in [7, 11) is 0. The average molecular weight is 377 g/mol. The molecule has 0 fully saturated rings. The summed E-state index contributed by atoms with van der Waals surface area (Å²) in [6.07, 6.45) is 14.5. The van der Waals surface area contributed by atoms with Crippen molar-refractivity contribution in [2.24, 2.45) is 0 Å². The van der Waals surface area contributed by atoms with E-state index in [4.69, 9.17) is 9.47 Å². The summed E-state index contributed by atoms with van der Waals surface area (Å²) in [6.45, 7) is 5.15. The summed E-state index contributed by atoms with van der Waals surface area (Å²) in [4.78, 5) is 11.9. The van der Waals surface area contributed by atoms with E-state index in [2.05, 4.69) is 6.92 Å². The topological polar surface area (TPSA) is 35.5 Å². The molecule has 0 saturated heterocycles. The van der Waals surface area contributed by atoms with Gasteiger partial charge in [0, 0.05) is 6.42 Å². The third kappa shape index (κ3) is 14.4. The largest absolute Gasteiger partial charge is 0.460 e. The number of ether oxygens (including phenoxy) is 2. The van der Waals surface area contributed by atoms with Crippen molar-refractivity contribution in [2.75, 3.05) is 6.61 Å². The van der Waals surface area contributed by atoms with E-state index in [0.29, 0.717) is 19.6 Å². The van der Waals surface area contributed by atoms with E-state index in [9.17, 15) is 4.79 Å². The van der Waals surface area contributed by atoms with E-state index >= 15 is 0 Å². The van der Waals surface area contributed by atoms with Crippen LogP contribution in [0.1, 0.15) is 96.5 Å². The molecule has 0 aromatic heterocycles. The first kappa shape index (κ1) is 23.7. The maximum Gasteiger partial charge on any atom is 0.306 e. The van der Waals surface area contributed by atoms with Crippen LogP contribution in [-0.2, 0) is 20.9 Å². The Labute approximate surface area is 166 Å². The highest BCUT2D eigenvalue weighted by molar-refractivity contribution is 5.69. The zero-order valence-electron chi connectivity index (χ0n) is 17.6. The summed E-state index contributed by atoms with van der Waals surface area (Å²) in [5.41, 5.74) is 1.14. The average Bonchev–Trinajstić information content (AvgIpc) is 2.67. The smallest absolute Gasteiger partial charge is 0.306 e. The van der Waals surface area contributed by atoms with Crippen molar-refractivity contribution >= 4 is 5.97 Å². The molecule has 1 aromatic carbocycles. The summed E-state index contributed by atoms with van der Waals surface area (Å²) in [5, 5.41) is 0. The van der Waals surface area contributed by atoms with Gasteiger partial charge in [-0.25, -0.2) is 0 Å². The van der Waals surface area contributed by atoms with Gasteiger partial charge in [0.1, 0.15) is 6.10 Å². The summed E-state index contributed by atoms with van der Waals surface area (Å²) in [5.74, 6) is -0.0956. The van der Waals surface area contributed by atoms with Gasteiger partial charge in [-0.05, 0) is 18.9 Å². The molecule has 0 aliphatic rings. The van der Waals surface area contributed by atoms with E-state index in [1.165, 1.54) is 57.8 Å². The number of unbranched alkanes of at least 4 members (excludes halogenated alkanes) is 10. The highest BCUT2D eigenvalue weighted by atomic mass is 16.6. The van der Waals surface area contributed by atoms with Crippen molar-refractivity contribution in [3.05, 3.63) is 35.9 Å². The second-order valence-electron chi connectivity index (χ2n) is 7.59. The van der Waals surface area contributed by atoms with E-state index in [1.54, 1.807) is 0 Å². The van der Waals surface area contributed by atoms with Crippen LogP contribution in [0.4, 0.5) is 0 Å². The lowest BCUT2D eigenvalue weighted by Crippen LogP contribution is -2.20.